The zero-order valence-corrected chi connectivity index (χ0v) is 13.3. The Morgan fingerprint density at radius 2 is 2.00 bits per heavy atom. The number of carbonyl (C=O) groups is 2. The third kappa shape index (κ3) is 5.13. The first kappa shape index (κ1) is 15.4. The first-order chi connectivity index (χ1) is 10.1. The summed E-state index contributed by atoms with van der Waals surface area (Å²) in [6.07, 6.45) is 1.53. The van der Waals surface area contributed by atoms with Crippen molar-refractivity contribution in [1.82, 2.24) is 10.7 Å². The van der Waals surface area contributed by atoms with Crippen LogP contribution in [0.25, 0.3) is 0 Å². The molecule has 0 spiro atoms. The highest BCUT2D eigenvalue weighted by Crippen LogP contribution is 2.09. The summed E-state index contributed by atoms with van der Waals surface area (Å²) in [5.74, 6) is -0.648. The third-order valence-electron chi connectivity index (χ3n) is 2.43. The van der Waals surface area contributed by atoms with Gasteiger partial charge in [0.1, 0.15) is 0 Å². The number of halogens is 1. The van der Waals surface area contributed by atoms with Crippen LogP contribution in [0.15, 0.2) is 51.4 Å². The molecule has 0 aliphatic carbocycles. The molecule has 108 valence electrons. The highest BCUT2D eigenvalue weighted by atomic mass is 79.9. The van der Waals surface area contributed by atoms with Crippen molar-refractivity contribution in [1.29, 1.82) is 0 Å². The number of benzene rings is 1. The Morgan fingerprint density at radius 3 is 2.67 bits per heavy atom. The topological polar surface area (TPSA) is 70.6 Å². The van der Waals surface area contributed by atoms with Crippen molar-refractivity contribution < 1.29 is 9.59 Å². The molecule has 0 fully saturated rings. The summed E-state index contributed by atoms with van der Waals surface area (Å²) in [5.41, 5.74) is 3.22. The van der Waals surface area contributed by atoms with Crippen LogP contribution in [0.4, 0.5) is 0 Å². The summed E-state index contributed by atoms with van der Waals surface area (Å²) in [5, 5.41) is 8.15. The molecule has 1 aromatic heterocycles. The number of hydrazone groups is 1. The molecule has 2 aromatic rings. The van der Waals surface area contributed by atoms with Gasteiger partial charge in [0.2, 0.25) is 0 Å². The van der Waals surface area contributed by atoms with Gasteiger partial charge in [0.15, 0.2) is 0 Å². The summed E-state index contributed by atoms with van der Waals surface area (Å²) < 4.78 is 0.972. The predicted molar refractivity (Wildman–Crippen MR) is 86.5 cm³/mol. The van der Waals surface area contributed by atoms with Gasteiger partial charge in [0.05, 0.1) is 17.6 Å². The average Bonchev–Trinajstić information content (AvgIpc) is 3.01. The Labute approximate surface area is 134 Å². The van der Waals surface area contributed by atoms with Crippen LogP contribution in [0.1, 0.15) is 15.2 Å². The molecule has 0 radical (unpaired) electrons. The predicted octanol–water partition coefficient (Wildman–Crippen LogP) is 2.39. The quantitative estimate of drug-likeness (QED) is 0.630. The van der Waals surface area contributed by atoms with E-state index in [1.165, 1.54) is 17.6 Å². The average molecular weight is 366 g/mol. The minimum atomic E-state index is -0.381. The number of carbonyl (C=O) groups excluding carboxylic acids is 2. The molecule has 1 heterocycles. The van der Waals surface area contributed by atoms with Crippen molar-refractivity contribution >= 4 is 45.3 Å². The van der Waals surface area contributed by atoms with Crippen LogP contribution < -0.4 is 10.7 Å². The van der Waals surface area contributed by atoms with Crippen molar-refractivity contribution in [3.63, 3.8) is 0 Å². The molecule has 1 aromatic carbocycles. The van der Waals surface area contributed by atoms with E-state index in [1.54, 1.807) is 17.5 Å². The van der Waals surface area contributed by atoms with Gasteiger partial charge in [-0.3, -0.25) is 9.59 Å². The van der Waals surface area contributed by atoms with Crippen LogP contribution in [0.5, 0.6) is 0 Å². The summed E-state index contributed by atoms with van der Waals surface area (Å²) in [7, 11) is 0. The van der Waals surface area contributed by atoms with E-state index < -0.39 is 0 Å². The second-order valence-electron chi connectivity index (χ2n) is 4.00. The normalized spacial score (nSPS) is 10.5. The molecule has 0 atom stereocenters. The van der Waals surface area contributed by atoms with E-state index in [1.807, 2.05) is 24.3 Å². The minimum absolute atomic E-state index is 0.117. The number of hydrogen-bond acceptors (Lipinski definition) is 4. The monoisotopic (exact) mass is 365 g/mol. The molecule has 21 heavy (non-hydrogen) atoms. The molecule has 2 rings (SSSR count). The van der Waals surface area contributed by atoms with Crippen LogP contribution in [0.2, 0.25) is 0 Å². The Balaban J connectivity index is 1.74. The largest absolute Gasteiger partial charge is 0.342 e. The summed E-state index contributed by atoms with van der Waals surface area (Å²) >= 11 is 4.66. The molecule has 0 unspecified atom stereocenters. The molecule has 7 heteroatoms. The van der Waals surface area contributed by atoms with Gasteiger partial charge >= 0.3 is 0 Å². The lowest BCUT2D eigenvalue weighted by atomic mass is 10.2. The zero-order valence-electron chi connectivity index (χ0n) is 10.9. The smallest absolute Gasteiger partial charge is 0.261 e. The molecule has 5 nitrogen and oxygen atoms in total. The van der Waals surface area contributed by atoms with E-state index in [2.05, 4.69) is 31.8 Å². The fraction of sp³-hybridized carbons (Fsp3) is 0.0714. The van der Waals surface area contributed by atoms with Crippen molar-refractivity contribution in [2.24, 2.45) is 5.10 Å². The van der Waals surface area contributed by atoms with Crippen molar-refractivity contribution in [2.45, 2.75) is 0 Å². The molecule has 0 bridgehead atoms. The standard InChI is InChI=1S/C14H12BrN3O2S/c15-11-5-3-10(4-6-11)8-17-18-13(19)9-16-14(20)12-2-1-7-21-12/h1-8H,9H2,(H,16,20)(H,18,19)/b17-8+. The molecule has 0 saturated carbocycles. The number of hydrogen-bond donors (Lipinski definition) is 2. The second-order valence-corrected chi connectivity index (χ2v) is 5.87. The highest BCUT2D eigenvalue weighted by molar-refractivity contribution is 9.10. The summed E-state index contributed by atoms with van der Waals surface area (Å²) in [6.45, 7) is -0.117. The first-order valence-electron chi connectivity index (χ1n) is 6.04. The molecule has 2 amide bonds. The number of nitrogens with one attached hydrogen (secondary N) is 2. The van der Waals surface area contributed by atoms with E-state index in [0.717, 1.165) is 10.0 Å². The van der Waals surface area contributed by atoms with Gasteiger partial charge in [-0.15, -0.1) is 11.3 Å². The van der Waals surface area contributed by atoms with Gasteiger partial charge in [-0.1, -0.05) is 34.1 Å². The fourth-order valence-corrected chi connectivity index (χ4v) is 2.33. The Kier molecular flexibility index (Phi) is 5.65. The van der Waals surface area contributed by atoms with E-state index in [0.29, 0.717) is 4.88 Å². The van der Waals surface area contributed by atoms with Crippen molar-refractivity contribution in [3.05, 3.63) is 56.7 Å². The molecular formula is C14H12BrN3O2S. The van der Waals surface area contributed by atoms with Gasteiger partial charge in [-0.2, -0.15) is 5.10 Å². The second kappa shape index (κ2) is 7.70. The maximum absolute atomic E-state index is 11.6. The first-order valence-corrected chi connectivity index (χ1v) is 7.71. The van der Waals surface area contributed by atoms with Crippen LogP contribution >= 0.6 is 27.3 Å². The van der Waals surface area contributed by atoms with E-state index >= 15 is 0 Å². The van der Waals surface area contributed by atoms with Crippen LogP contribution in [0.3, 0.4) is 0 Å². The molecular weight excluding hydrogens is 354 g/mol. The summed E-state index contributed by atoms with van der Waals surface area (Å²) in [6, 6.07) is 11.0. The van der Waals surface area contributed by atoms with E-state index in [-0.39, 0.29) is 18.4 Å². The van der Waals surface area contributed by atoms with Gasteiger partial charge in [0.25, 0.3) is 11.8 Å². The zero-order chi connectivity index (χ0) is 15.1. The SMILES string of the molecule is O=C(CNC(=O)c1cccs1)N/N=C/c1ccc(Br)cc1. The number of amides is 2. The van der Waals surface area contributed by atoms with Crippen molar-refractivity contribution in [2.75, 3.05) is 6.54 Å². The number of rotatable bonds is 5. The molecule has 0 saturated heterocycles. The van der Waals surface area contributed by atoms with E-state index in [4.69, 9.17) is 0 Å². The van der Waals surface area contributed by atoms with Gasteiger partial charge in [-0.25, -0.2) is 5.43 Å². The van der Waals surface area contributed by atoms with Gasteiger partial charge in [0, 0.05) is 4.47 Å². The van der Waals surface area contributed by atoms with Gasteiger partial charge in [-0.05, 0) is 29.1 Å². The maximum Gasteiger partial charge on any atom is 0.261 e. The van der Waals surface area contributed by atoms with E-state index in [9.17, 15) is 9.59 Å². The molecule has 0 aliphatic rings. The summed E-state index contributed by atoms with van der Waals surface area (Å²) in [4.78, 5) is 23.7. The minimum Gasteiger partial charge on any atom is -0.342 e. The Hall–Kier alpha value is -1.99. The molecule has 0 aliphatic heterocycles. The Morgan fingerprint density at radius 1 is 1.24 bits per heavy atom. The van der Waals surface area contributed by atoms with Crippen LogP contribution in [-0.2, 0) is 4.79 Å². The lowest BCUT2D eigenvalue weighted by Crippen LogP contribution is -2.34. The Bertz CT molecular complexity index is 639. The van der Waals surface area contributed by atoms with Crippen molar-refractivity contribution in [3.8, 4) is 0 Å². The highest BCUT2D eigenvalue weighted by Gasteiger charge is 2.07. The van der Waals surface area contributed by atoms with Gasteiger partial charge < -0.3 is 5.32 Å². The van der Waals surface area contributed by atoms with Crippen LogP contribution in [-0.4, -0.2) is 24.6 Å². The lowest BCUT2D eigenvalue weighted by molar-refractivity contribution is -0.120. The maximum atomic E-state index is 11.6. The third-order valence-corrected chi connectivity index (χ3v) is 3.82. The lowest BCUT2D eigenvalue weighted by Gasteiger charge is -2.02. The molecule has 2 N–H and O–H groups in total. The van der Waals surface area contributed by atoms with Crippen LogP contribution in [0, 0.1) is 0 Å². The number of nitrogens with zero attached hydrogens (tertiary/aromatic N) is 1. The fourth-order valence-electron chi connectivity index (χ4n) is 1.42. The number of thiophene rings is 1.